The number of nitrogens with zero attached hydrogens (tertiary/aromatic N) is 1. The van der Waals surface area contributed by atoms with Crippen LogP contribution in [0.4, 0.5) is 0 Å². The molecule has 1 aromatic rings. The van der Waals surface area contributed by atoms with E-state index in [-0.39, 0.29) is 6.10 Å². The molecule has 0 bridgehead atoms. The van der Waals surface area contributed by atoms with Gasteiger partial charge in [-0.05, 0) is 43.6 Å². The molecular formula is C17H27ClN2O. The molecule has 2 atom stereocenters. The van der Waals surface area contributed by atoms with Gasteiger partial charge in [-0.1, -0.05) is 37.6 Å². The topological polar surface area (TPSA) is 24.5 Å². The van der Waals surface area contributed by atoms with Crippen molar-refractivity contribution in [2.45, 2.75) is 38.8 Å². The molecular weight excluding hydrogens is 284 g/mol. The van der Waals surface area contributed by atoms with E-state index in [4.69, 9.17) is 16.3 Å². The third-order valence-electron chi connectivity index (χ3n) is 3.98. The zero-order valence-corrected chi connectivity index (χ0v) is 13.9. The molecule has 1 aliphatic rings. The molecule has 2 unspecified atom stereocenters. The Hall–Kier alpha value is -0.610. The van der Waals surface area contributed by atoms with Crippen LogP contribution in [0, 0.1) is 0 Å². The highest BCUT2D eigenvalue weighted by atomic mass is 35.5. The van der Waals surface area contributed by atoms with Gasteiger partial charge in [0.15, 0.2) is 0 Å². The lowest BCUT2D eigenvalue weighted by atomic mass is 9.99. The molecule has 4 heteroatoms. The van der Waals surface area contributed by atoms with E-state index in [0.717, 1.165) is 44.2 Å². The molecule has 0 radical (unpaired) electrons. The Morgan fingerprint density at radius 3 is 3.00 bits per heavy atom. The summed E-state index contributed by atoms with van der Waals surface area (Å²) in [5, 5.41) is 4.39. The molecule has 0 aliphatic carbocycles. The summed E-state index contributed by atoms with van der Waals surface area (Å²) in [6.45, 7) is 9.42. The number of nitrogens with one attached hydrogen (secondary N) is 1. The summed E-state index contributed by atoms with van der Waals surface area (Å²) >= 11 is 6.10. The molecule has 1 aromatic carbocycles. The van der Waals surface area contributed by atoms with Gasteiger partial charge in [-0.15, -0.1) is 0 Å². The Labute approximate surface area is 133 Å². The smallest absolute Gasteiger partial charge is 0.0858 e. The fourth-order valence-corrected chi connectivity index (χ4v) is 3.22. The van der Waals surface area contributed by atoms with Crippen LogP contribution in [0.2, 0.25) is 5.02 Å². The summed E-state index contributed by atoms with van der Waals surface area (Å²) in [6, 6.07) is 8.48. The Morgan fingerprint density at radius 2 is 2.29 bits per heavy atom. The lowest BCUT2D eigenvalue weighted by Crippen LogP contribution is -2.53. The summed E-state index contributed by atoms with van der Waals surface area (Å²) in [5.41, 5.74) is 1.27. The van der Waals surface area contributed by atoms with E-state index >= 15 is 0 Å². The van der Waals surface area contributed by atoms with Crippen molar-refractivity contribution in [2.24, 2.45) is 0 Å². The van der Waals surface area contributed by atoms with Crippen molar-refractivity contribution in [3.8, 4) is 0 Å². The average Bonchev–Trinajstić information content (AvgIpc) is 2.47. The van der Waals surface area contributed by atoms with Crippen LogP contribution in [0.1, 0.15) is 25.8 Å². The van der Waals surface area contributed by atoms with Crippen LogP contribution in [0.5, 0.6) is 0 Å². The predicted molar refractivity (Wildman–Crippen MR) is 89.1 cm³/mol. The van der Waals surface area contributed by atoms with Crippen molar-refractivity contribution in [3.05, 3.63) is 34.9 Å². The van der Waals surface area contributed by atoms with Crippen LogP contribution in [-0.2, 0) is 11.2 Å². The van der Waals surface area contributed by atoms with Crippen molar-refractivity contribution in [1.82, 2.24) is 10.2 Å². The van der Waals surface area contributed by atoms with Gasteiger partial charge in [0.1, 0.15) is 0 Å². The summed E-state index contributed by atoms with van der Waals surface area (Å²) in [6.07, 6.45) is 2.41. The van der Waals surface area contributed by atoms with E-state index in [0.29, 0.717) is 6.04 Å². The third-order valence-corrected chi connectivity index (χ3v) is 4.21. The van der Waals surface area contributed by atoms with Gasteiger partial charge in [0.2, 0.25) is 0 Å². The van der Waals surface area contributed by atoms with Crippen LogP contribution in [-0.4, -0.2) is 49.8 Å². The molecule has 0 spiro atoms. The molecule has 3 nitrogen and oxygen atoms in total. The Bertz CT molecular complexity index is 425. The maximum absolute atomic E-state index is 6.10. The van der Waals surface area contributed by atoms with Crippen molar-refractivity contribution in [3.63, 3.8) is 0 Å². The first kappa shape index (κ1) is 16.8. The van der Waals surface area contributed by atoms with Gasteiger partial charge in [0.05, 0.1) is 12.7 Å². The molecule has 1 saturated heterocycles. The fraction of sp³-hybridized carbons (Fsp3) is 0.647. The highest BCUT2D eigenvalue weighted by Crippen LogP contribution is 2.16. The molecule has 1 N–H and O–H groups in total. The summed E-state index contributed by atoms with van der Waals surface area (Å²) in [4.78, 5) is 2.51. The van der Waals surface area contributed by atoms with Crippen LogP contribution in [0.15, 0.2) is 24.3 Å². The molecule has 1 heterocycles. The largest absolute Gasteiger partial charge is 0.374 e. The second-order valence-corrected chi connectivity index (χ2v) is 6.14. The van der Waals surface area contributed by atoms with Gasteiger partial charge in [-0.3, -0.25) is 4.90 Å². The van der Waals surface area contributed by atoms with Crippen molar-refractivity contribution < 1.29 is 4.74 Å². The van der Waals surface area contributed by atoms with Gasteiger partial charge < -0.3 is 10.1 Å². The first-order valence-electron chi connectivity index (χ1n) is 8.04. The van der Waals surface area contributed by atoms with Crippen molar-refractivity contribution >= 4 is 11.6 Å². The van der Waals surface area contributed by atoms with Crippen molar-refractivity contribution in [1.29, 1.82) is 0 Å². The normalized spacial score (nSPS) is 21.4. The molecule has 1 fully saturated rings. The number of likely N-dealkylation sites (N-methyl/N-ethyl adjacent to an activating group) is 1. The fourth-order valence-electron chi connectivity index (χ4n) is 3.01. The molecule has 21 heavy (non-hydrogen) atoms. The van der Waals surface area contributed by atoms with Crippen molar-refractivity contribution in [2.75, 3.05) is 32.8 Å². The zero-order valence-electron chi connectivity index (χ0n) is 13.1. The van der Waals surface area contributed by atoms with E-state index in [9.17, 15) is 0 Å². The number of rotatable bonds is 7. The molecule has 2 rings (SSSR count). The summed E-state index contributed by atoms with van der Waals surface area (Å²) in [5.74, 6) is 0. The molecule has 118 valence electrons. The Kier molecular flexibility index (Phi) is 6.97. The Balaban J connectivity index is 2.00. The lowest BCUT2D eigenvalue weighted by molar-refractivity contribution is -0.0459. The van der Waals surface area contributed by atoms with Crippen LogP contribution in [0.3, 0.4) is 0 Å². The first-order valence-corrected chi connectivity index (χ1v) is 8.42. The quantitative estimate of drug-likeness (QED) is 0.838. The minimum Gasteiger partial charge on any atom is -0.374 e. The monoisotopic (exact) mass is 310 g/mol. The van der Waals surface area contributed by atoms with Gasteiger partial charge in [0.25, 0.3) is 0 Å². The van der Waals surface area contributed by atoms with Gasteiger partial charge in [0, 0.05) is 24.2 Å². The predicted octanol–water partition coefficient (Wildman–Crippen LogP) is 2.97. The summed E-state index contributed by atoms with van der Waals surface area (Å²) < 4.78 is 6.03. The van der Waals surface area contributed by atoms with Gasteiger partial charge >= 0.3 is 0 Å². The summed E-state index contributed by atoms with van der Waals surface area (Å²) in [7, 11) is 0. The van der Waals surface area contributed by atoms with Crippen LogP contribution < -0.4 is 5.32 Å². The molecule has 0 aromatic heterocycles. The molecule has 0 amide bonds. The second-order valence-electron chi connectivity index (χ2n) is 5.71. The molecule has 1 aliphatic heterocycles. The third kappa shape index (κ3) is 5.26. The minimum atomic E-state index is 0.254. The van der Waals surface area contributed by atoms with E-state index < -0.39 is 0 Å². The zero-order chi connectivity index (χ0) is 15.1. The van der Waals surface area contributed by atoms with Crippen LogP contribution in [0.25, 0.3) is 0 Å². The highest BCUT2D eigenvalue weighted by Gasteiger charge is 2.27. The number of benzene rings is 1. The standard InChI is InChI=1S/C17H27ClN2O/c1-3-8-20-9-10-21-17(13-20)16(19-4-2)12-14-6-5-7-15(18)11-14/h5-7,11,16-17,19H,3-4,8-10,12-13H2,1-2H3. The lowest BCUT2D eigenvalue weighted by Gasteiger charge is -2.37. The maximum atomic E-state index is 6.10. The average molecular weight is 311 g/mol. The van der Waals surface area contributed by atoms with Crippen LogP contribution >= 0.6 is 11.6 Å². The number of hydrogen-bond acceptors (Lipinski definition) is 3. The number of halogens is 1. The maximum Gasteiger partial charge on any atom is 0.0858 e. The van der Waals surface area contributed by atoms with E-state index in [1.807, 2.05) is 12.1 Å². The Morgan fingerprint density at radius 1 is 1.43 bits per heavy atom. The van der Waals surface area contributed by atoms with E-state index in [2.05, 4.69) is 36.2 Å². The second kappa shape index (κ2) is 8.74. The van der Waals surface area contributed by atoms with Gasteiger partial charge in [-0.25, -0.2) is 0 Å². The number of ether oxygens (including phenoxy) is 1. The highest BCUT2D eigenvalue weighted by molar-refractivity contribution is 6.30. The molecule has 0 saturated carbocycles. The number of hydrogen-bond donors (Lipinski definition) is 1. The van der Waals surface area contributed by atoms with Gasteiger partial charge in [-0.2, -0.15) is 0 Å². The first-order chi connectivity index (χ1) is 10.2. The number of morpholine rings is 1. The van der Waals surface area contributed by atoms with E-state index in [1.165, 1.54) is 12.0 Å². The van der Waals surface area contributed by atoms with E-state index in [1.54, 1.807) is 0 Å². The minimum absolute atomic E-state index is 0.254. The SMILES string of the molecule is CCCN1CCOC(C(Cc2cccc(Cl)c2)NCC)C1.